The number of ether oxygens (including phenoxy) is 1. The van der Waals surface area contributed by atoms with E-state index in [2.05, 4.69) is 0 Å². The number of carboxylic acids is 1. The number of aryl methyl sites for hydroxylation is 1. The van der Waals surface area contributed by atoms with Gasteiger partial charge in [0.1, 0.15) is 5.58 Å². The molecule has 1 aromatic carbocycles. The minimum absolute atomic E-state index is 0.0324. The number of carbonyl (C=O) groups excluding carboxylic acids is 1. The zero-order valence-electron chi connectivity index (χ0n) is 11.5. The molecule has 0 aliphatic carbocycles. The summed E-state index contributed by atoms with van der Waals surface area (Å²) in [6.07, 6.45) is -0.979. The maximum absolute atomic E-state index is 12.5. The third-order valence-corrected chi connectivity index (χ3v) is 3.67. The Bertz CT molecular complexity index is 705. The Labute approximate surface area is 120 Å². The summed E-state index contributed by atoms with van der Waals surface area (Å²) in [7, 11) is 0. The molecule has 6 nitrogen and oxygen atoms in total. The van der Waals surface area contributed by atoms with Crippen molar-refractivity contribution in [1.82, 2.24) is 4.90 Å². The van der Waals surface area contributed by atoms with Crippen LogP contribution in [0.4, 0.5) is 0 Å². The van der Waals surface area contributed by atoms with E-state index in [9.17, 15) is 9.59 Å². The van der Waals surface area contributed by atoms with Crippen molar-refractivity contribution in [3.05, 3.63) is 35.6 Å². The van der Waals surface area contributed by atoms with Gasteiger partial charge in [0.15, 0.2) is 11.9 Å². The van der Waals surface area contributed by atoms with Crippen LogP contribution in [0, 0.1) is 6.92 Å². The number of aliphatic carboxylic acids is 1. The van der Waals surface area contributed by atoms with Crippen molar-refractivity contribution in [3.8, 4) is 0 Å². The van der Waals surface area contributed by atoms with Crippen LogP contribution in [0.5, 0.6) is 0 Å². The number of para-hydroxylation sites is 1. The van der Waals surface area contributed by atoms with E-state index in [1.165, 1.54) is 4.90 Å². The molecule has 21 heavy (non-hydrogen) atoms. The predicted octanol–water partition coefficient (Wildman–Crippen LogP) is 1.67. The lowest BCUT2D eigenvalue weighted by Gasteiger charge is -2.30. The lowest BCUT2D eigenvalue weighted by Crippen LogP contribution is -2.48. The summed E-state index contributed by atoms with van der Waals surface area (Å²) in [5.74, 6) is -1.09. The number of nitrogens with zero attached hydrogens (tertiary/aromatic N) is 1. The van der Waals surface area contributed by atoms with Crippen LogP contribution in [-0.2, 0) is 9.53 Å². The summed E-state index contributed by atoms with van der Waals surface area (Å²) in [5, 5.41) is 9.88. The highest BCUT2D eigenvalue weighted by molar-refractivity contribution is 5.99. The topological polar surface area (TPSA) is 80.0 Å². The maximum atomic E-state index is 12.5. The summed E-state index contributed by atoms with van der Waals surface area (Å²) in [4.78, 5) is 25.0. The SMILES string of the molecule is Cc1c(C(=O)N2CCO[C@@H](C(=O)O)C2)oc2ccccc12. The number of fused-ring (bicyclic) bond motifs is 1. The molecule has 1 saturated heterocycles. The summed E-state index contributed by atoms with van der Waals surface area (Å²) < 4.78 is 10.8. The van der Waals surface area contributed by atoms with Crippen molar-refractivity contribution >= 4 is 22.8 Å². The molecule has 1 aromatic heterocycles. The van der Waals surface area contributed by atoms with E-state index in [1.54, 1.807) is 6.07 Å². The molecular weight excluding hydrogens is 274 g/mol. The van der Waals surface area contributed by atoms with E-state index < -0.39 is 12.1 Å². The number of furan rings is 1. The van der Waals surface area contributed by atoms with E-state index in [1.807, 2.05) is 25.1 Å². The molecule has 2 heterocycles. The Morgan fingerprint density at radius 3 is 2.81 bits per heavy atom. The minimum atomic E-state index is -1.06. The first-order valence-electron chi connectivity index (χ1n) is 6.69. The number of hydrogen-bond donors (Lipinski definition) is 1. The molecule has 0 saturated carbocycles. The van der Waals surface area contributed by atoms with E-state index in [0.717, 1.165) is 10.9 Å². The van der Waals surface area contributed by atoms with Crippen molar-refractivity contribution in [1.29, 1.82) is 0 Å². The summed E-state index contributed by atoms with van der Waals surface area (Å²) in [6, 6.07) is 7.42. The number of carbonyl (C=O) groups is 2. The van der Waals surface area contributed by atoms with Crippen molar-refractivity contribution in [2.45, 2.75) is 13.0 Å². The van der Waals surface area contributed by atoms with Gasteiger partial charge in [-0.3, -0.25) is 4.79 Å². The molecule has 1 amide bonds. The summed E-state index contributed by atoms with van der Waals surface area (Å²) in [6.45, 7) is 2.43. The number of carboxylic acid groups (broad SMARTS) is 1. The Morgan fingerprint density at radius 2 is 2.10 bits per heavy atom. The Kier molecular flexibility index (Phi) is 3.39. The van der Waals surface area contributed by atoms with Gasteiger partial charge in [0.2, 0.25) is 0 Å². The summed E-state index contributed by atoms with van der Waals surface area (Å²) >= 11 is 0. The number of rotatable bonds is 2. The maximum Gasteiger partial charge on any atom is 0.334 e. The fourth-order valence-corrected chi connectivity index (χ4v) is 2.51. The zero-order chi connectivity index (χ0) is 15.0. The molecule has 2 aromatic rings. The van der Waals surface area contributed by atoms with E-state index in [0.29, 0.717) is 12.1 Å². The molecule has 6 heteroatoms. The van der Waals surface area contributed by atoms with Crippen LogP contribution in [-0.4, -0.2) is 47.7 Å². The predicted molar refractivity (Wildman–Crippen MR) is 74.2 cm³/mol. The Balaban J connectivity index is 1.90. The highest BCUT2D eigenvalue weighted by Crippen LogP contribution is 2.26. The molecule has 1 aliphatic heterocycles. The van der Waals surface area contributed by atoms with Gasteiger partial charge in [-0.1, -0.05) is 18.2 Å². The van der Waals surface area contributed by atoms with Gasteiger partial charge in [-0.2, -0.15) is 0 Å². The van der Waals surface area contributed by atoms with Crippen molar-refractivity contribution in [3.63, 3.8) is 0 Å². The second-order valence-corrected chi connectivity index (χ2v) is 5.00. The minimum Gasteiger partial charge on any atom is -0.479 e. The first-order chi connectivity index (χ1) is 10.1. The molecule has 0 spiro atoms. The van der Waals surface area contributed by atoms with Gasteiger partial charge >= 0.3 is 5.97 Å². The van der Waals surface area contributed by atoms with Crippen molar-refractivity contribution in [2.75, 3.05) is 19.7 Å². The van der Waals surface area contributed by atoms with Gasteiger partial charge < -0.3 is 19.2 Å². The fourth-order valence-electron chi connectivity index (χ4n) is 2.51. The molecule has 0 unspecified atom stereocenters. The van der Waals surface area contributed by atoms with Crippen LogP contribution in [0.1, 0.15) is 16.1 Å². The average molecular weight is 289 g/mol. The molecule has 110 valence electrons. The molecule has 1 aliphatic rings. The number of morpholine rings is 1. The van der Waals surface area contributed by atoms with Crippen LogP contribution in [0.25, 0.3) is 11.0 Å². The molecule has 3 rings (SSSR count). The Hall–Kier alpha value is -2.34. The van der Waals surface area contributed by atoms with Gasteiger partial charge in [-0.25, -0.2) is 4.79 Å². The molecular formula is C15H15NO5. The summed E-state index contributed by atoms with van der Waals surface area (Å²) in [5.41, 5.74) is 1.43. The smallest absolute Gasteiger partial charge is 0.334 e. The van der Waals surface area contributed by atoms with E-state index in [-0.39, 0.29) is 24.8 Å². The van der Waals surface area contributed by atoms with Gasteiger partial charge in [0.05, 0.1) is 13.2 Å². The molecule has 0 radical (unpaired) electrons. The van der Waals surface area contributed by atoms with Crippen LogP contribution < -0.4 is 0 Å². The van der Waals surface area contributed by atoms with Crippen LogP contribution in [0.2, 0.25) is 0 Å². The van der Waals surface area contributed by atoms with Gasteiger partial charge in [0.25, 0.3) is 5.91 Å². The van der Waals surface area contributed by atoms with Crippen molar-refractivity contribution < 1.29 is 23.8 Å². The normalized spacial score (nSPS) is 18.9. The van der Waals surface area contributed by atoms with Crippen LogP contribution >= 0.6 is 0 Å². The molecule has 0 bridgehead atoms. The number of hydrogen-bond acceptors (Lipinski definition) is 4. The average Bonchev–Trinajstić information content (AvgIpc) is 2.84. The highest BCUT2D eigenvalue weighted by Gasteiger charge is 2.31. The lowest BCUT2D eigenvalue weighted by molar-refractivity contribution is -0.154. The second kappa shape index (κ2) is 5.21. The molecule has 1 N–H and O–H groups in total. The van der Waals surface area contributed by atoms with E-state index >= 15 is 0 Å². The third kappa shape index (κ3) is 2.38. The first kappa shape index (κ1) is 13.6. The number of benzene rings is 1. The molecule has 1 atom stereocenters. The quantitative estimate of drug-likeness (QED) is 0.909. The van der Waals surface area contributed by atoms with Crippen molar-refractivity contribution in [2.24, 2.45) is 0 Å². The van der Waals surface area contributed by atoms with Gasteiger partial charge in [0, 0.05) is 17.5 Å². The highest BCUT2D eigenvalue weighted by atomic mass is 16.5. The Morgan fingerprint density at radius 1 is 1.33 bits per heavy atom. The monoisotopic (exact) mass is 289 g/mol. The fraction of sp³-hybridized carbons (Fsp3) is 0.333. The van der Waals surface area contributed by atoms with Crippen LogP contribution in [0.3, 0.4) is 0 Å². The largest absolute Gasteiger partial charge is 0.479 e. The zero-order valence-corrected chi connectivity index (χ0v) is 11.5. The lowest BCUT2D eigenvalue weighted by atomic mass is 10.1. The molecule has 1 fully saturated rings. The third-order valence-electron chi connectivity index (χ3n) is 3.67. The van der Waals surface area contributed by atoms with Gasteiger partial charge in [-0.05, 0) is 13.0 Å². The second-order valence-electron chi connectivity index (χ2n) is 5.00. The van der Waals surface area contributed by atoms with E-state index in [4.69, 9.17) is 14.3 Å². The van der Waals surface area contributed by atoms with Crippen LogP contribution in [0.15, 0.2) is 28.7 Å². The van der Waals surface area contributed by atoms with Gasteiger partial charge in [-0.15, -0.1) is 0 Å². The number of amides is 1. The first-order valence-corrected chi connectivity index (χ1v) is 6.69. The standard InChI is InChI=1S/C15H15NO5/c1-9-10-4-2-3-5-11(10)21-13(9)14(17)16-6-7-20-12(8-16)15(18)19/h2-5,12H,6-8H2,1H3,(H,18,19)/t12-/m1/s1.